The van der Waals surface area contributed by atoms with Crippen molar-refractivity contribution in [1.29, 1.82) is 0 Å². The van der Waals surface area contributed by atoms with Gasteiger partial charge < -0.3 is 38.9 Å². The molecule has 3 heterocycles. The second-order valence-electron chi connectivity index (χ2n) is 8.01. The van der Waals surface area contributed by atoms with Crippen LogP contribution in [0.2, 0.25) is 0 Å². The van der Waals surface area contributed by atoms with Gasteiger partial charge in [-0.25, -0.2) is 4.98 Å². The molecule has 16 heteroatoms. The molecule has 3 rings (SSSR count). The fourth-order valence-corrected chi connectivity index (χ4v) is 6.37. The van der Waals surface area contributed by atoms with Gasteiger partial charge in [-0.15, -0.1) is 0 Å². The van der Waals surface area contributed by atoms with Gasteiger partial charge >= 0.3 is 40.1 Å². The molecule has 2 aliphatic heterocycles. The van der Waals surface area contributed by atoms with Crippen LogP contribution in [-0.4, -0.2) is 51.1 Å². The van der Waals surface area contributed by atoms with Gasteiger partial charge in [0.2, 0.25) is 0 Å². The van der Waals surface area contributed by atoms with E-state index in [4.69, 9.17) is 13.6 Å². The molecule has 0 bridgehead atoms. The van der Waals surface area contributed by atoms with Crippen molar-refractivity contribution < 1.29 is 59.3 Å². The normalized spacial score (nSPS) is 21.9. The summed E-state index contributed by atoms with van der Waals surface area (Å²) >= 11 is 0. The van der Waals surface area contributed by atoms with Crippen LogP contribution >= 0.6 is 22.8 Å². The average molecular weight is 657 g/mol. The quantitative estimate of drug-likeness (QED) is 0.267. The zero-order valence-corrected chi connectivity index (χ0v) is 27.3. The number of hydrogen-bond donors (Lipinski definition) is 3. The van der Waals surface area contributed by atoms with Crippen LogP contribution in [0.4, 0.5) is 0 Å². The Morgan fingerprint density at radius 2 is 1.20 bits per heavy atom. The third-order valence-electron chi connectivity index (χ3n) is 4.68. The molecular weight excluding hydrogens is 619 g/mol. The Hall–Kier alpha value is -1.31. The zero-order chi connectivity index (χ0) is 29.7. The Balaban J connectivity index is 0.000000563. The molecule has 2 aliphatic rings. The average Bonchev–Trinajstić information content (AvgIpc) is 2.85. The van der Waals surface area contributed by atoms with Gasteiger partial charge in [0.1, 0.15) is 0 Å². The molecule has 1 aromatic heterocycles. The molecular formula is C24H38CrN3O9P3. The van der Waals surface area contributed by atoms with E-state index in [2.05, 4.69) is 15.6 Å². The molecule has 5 atom stereocenters. The summed E-state index contributed by atoms with van der Waals surface area (Å²) in [5.74, 6) is -1.48. The standard InChI is InChI=1S/2C8H13NO3P.C8H12NO3P.Cr/c3*1-3-12-13(10,11)8-6-4-5-7(2)9-8;/h2*4-6,8H,3H2,1-2H3,(H,10,11);4-6H,3H2,1-2H3,(H,10,11);/q2*-1;;+2. The molecule has 5 unspecified atom stereocenters. The van der Waals surface area contributed by atoms with E-state index in [0.29, 0.717) is 5.69 Å². The first kappa shape index (κ1) is 38.7. The fourth-order valence-electron chi connectivity index (χ4n) is 2.99. The van der Waals surface area contributed by atoms with E-state index in [9.17, 15) is 28.4 Å². The number of allylic oxidation sites excluding steroid dienone is 6. The molecule has 12 nitrogen and oxygen atoms in total. The second-order valence-corrected chi connectivity index (χ2v) is 13.6. The van der Waals surface area contributed by atoms with Gasteiger partial charge in [0.25, 0.3) is 0 Å². The van der Waals surface area contributed by atoms with Crippen LogP contribution in [-0.2, 0) is 44.6 Å². The molecule has 0 saturated heterocycles. The Bertz CT molecular complexity index is 1150. The number of nitrogens with zero attached hydrogens (tertiary/aromatic N) is 3. The van der Waals surface area contributed by atoms with E-state index < -0.39 is 34.4 Å². The molecule has 40 heavy (non-hydrogen) atoms. The minimum Gasteiger partial charge on any atom is -0.672 e. The predicted octanol–water partition coefficient (Wildman–Crippen LogP) is 6.00. The maximum atomic E-state index is 11.5. The SMILES string of the molecule is CCOP(=O)(O)C1C=CC=C(C)[N-]1.CCOP(=O)(O)C1C=CC=C(C)[N-]1.CCOP(=O)(O)c1cccc(C)n1.[Cr+2]. The van der Waals surface area contributed by atoms with Crippen LogP contribution in [0.25, 0.3) is 10.6 Å². The monoisotopic (exact) mass is 657 g/mol. The van der Waals surface area contributed by atoms with Crippen LogP contribution in [0, 0.1) is 6.92 Å². The Morgan fingerprint density at radius 3 is 1.55 bits per heavy atom. The number of hydrogen-bond acceptors (Lipinski definition) is 7. The first-order chi connectivity index (χ1) is 18.2. The zero-order valence-electron chi connectivity index (χ0n) is 23.4. The molecule has 0 aliphatic carbocycles. The van der Waals surface area contributed by atoms with Crippen LogP contribution in [0.3, 0.4) is 0 Å². The molecule has 0 aromatic carbocycles. The smallest absolute Gasteiger partial charge is 0.672 e. The van der Waals surface area contributed by atoms with Crippen molar-refractivity contribution in [1.82, 2.24) is 4.98 Å². The molecule has 0 amide bonds. The van der Waals surface area contributed by atoms with Crippen LogP contribution in [0.1, 0.15) is 40.3 Å². The van der Waals surface area contributed by atoms with Gasteiger partial charge in [-0.3, -0.25) is 13.7 Å². The first-order valence-corrected chi connectivity index (χ1v) is 17.0. The fraction of sp³-hybridized carbons (Fsp3) is 0.458. The van der Waals surface area contributed by atoms with Gasteiger partial charge in [-0.2, -0.15) is 11.4 Å². The number of pyridine rings is 1. The van der Waals surface area contributed by atoms with E-state index >= 15 is 0 Å². The topological polar surface area (TPSA) is 181 Å². The summed E-state index contributed by atoms with van der Waals surface area (Å²) in [6, 6.07) is 4.93. The Labute approximate surface area is 247 Å². The van der Waals surface area contributed by atoms with Gasteiger partial charge in [0, 0.05) is 17.3 Å². The van der Waals surface area contributed by atoms with E-state index in [1.807, 2.05) is 0 Å². The molecule has 1 aromatic rings. The summed E-state index contributed by atoms with van der Waals surface area (Å²) in [6.07, 6.45) is 10.1. The van der Waals surface area contributed by atoms with E-state index in [0.717, 1.165) is 11.4 Å². The van der Waals surface area contributed by atoms with Crippen molar-refractivity contribution >= 4 is 28.2 Å². The van der Waals surface area contributed by atoms with Crippen molar-refractivity contribution in [2.24, 2.45) is 0 Å². The van der Waals surface area contributed by atoms with Crippen LogP contribution in [0.5, 0.6) is 0 Å². The van der Waals surface area contributed by atoms with E-state index in [1.165, 1.54) is 6.07 Å². The summed E-state index contributed by atoms with van der Waals surface area (Å²) in [4.78, 5) is 32.1. The summed E-state index contributed by atoms with van der Waals surface area (Å²) in [6.45, 7) is 11.0. The largest absolute Gasteiger partial charge is 2.00 e. The van der Waals surface area contributed by atoms with Gasteiger partial charge in [-0.05, 0) is 39.8 Å². The molecule has 3 N–H and O–H groups in total. The molecule has 0 saturated carbocycles. The number of rotatable bonds is 9. The summed E-state index contributed by atoms with van der Waals surface area (Å²) in [5, 5.41) is 8.02. The molecule has 224 valence electrons. The number of aryl methyl sites for hydroxylation is 1. The maximum absolute atomic E-state index is 11.5. The van der Waals surface area contributed by atoms with Gasteiger partial charge in [-0.1, -0.05) is 56.4 Å². The minimum atomic E-state index is -3.68. The van der Waals surface area contributed by atoms with Crippen molar-refractivity contribution in [3.05, 3.63) is 82.4 Å². The van der Waals surface area contributed by atoms with Gasteiger partial charge in [0.15, 0.2) is 5.44 Å². The number of aromatic nitrogens is 1. The Kier molecular flexibility index (Phi) is 17.7. The van der Waals surface area contributed by atoms with Crippen molar-refractivity contribution in [3.63, 3.8) is 0 Å². The Morgan fingerprint density at radius 1 is 0.775 bits per heavy atom. The van der Waals surface area contributed by atoms with Crippen molar-refractivity contribution in [2.45, 2.75) is 53.1 Å². The van der Waals surface area contributed by atoms with Gasteiger partial charge in [0.05, 0.1) is 19.8 Å². The summed E-state index contributed by atoms with van der Waals surface area (Å²) in [5.41, 5.74) is 2.28. The van der Waals surface area contributed by atoms with E-state index in [1.54, 1.807) is 90.1 Å². The summed E-state index contributed by atoms with van der Waals surface area (Å²) < 4.78 is 48.6. The molecule has 0 fully saturated rings. The first-order valence-electron chi connectivity index (χ1n) is 12.2. The van der Waals surface area contributed by atoms with E-state index in [-0.39, 0.29) is 42.6 Å². The van der Waals surface area contributed by atoms with Crippen LogP contribution < -0.4 is 5.44 Å². The van der Waals surface area contributed by atoms with Crippen molar-refractivity contribution in [3.8, 4) is 0 Å². The molecule has 0 spiro atoms. The summed E-state index contributed by atoms with van der Waals surface area (Å²) in [7, 11) is -10.9. The second kappa shape index (κ2) is 18.3. The van der Waals surface area contributed by atoms with Crippen molar-refractivity contribution in [2.75, 3.05) is 19.8 Å². The maximum Gasteiger partial charge on any atom is 2.00 e. The molecule has 0 radical (unpaired) electrons. The van der Waals surface area contributed by atoms with Crippen LogP contribution in [0.15, 0.2) is 66.0 Å². The predicted molar refractivity (Wildman–Crippen MR) is 153 cm³/mol. The minimum absolute atomic E-state index is 0. The third-order valence-corrected chi connectivity index (χ3v) is 9.28. The third kappa shape index (κ3) is 13.6.